The predicted molar refractivity (Wildman–Crippen MR) is 182 cm³/mol. The molecule has 2 aliphatic rings. The lowest BCUT2D eigenvalue weighted by Crippen LogP contribution is -2.51. The number of carbonyl (C=O) groups excluding carboxylic acids is 2. The molecule has 1 aliphatic heterocycles. The minimum absolute atomic E-state index is 0.0524. The Morgan fingerprint density at radius 3 is 2.59 bits per heavy atom. The summed E-state index contributed by atoms with van der Waals surface area (Å²) in [5, 5.41) is 3.49. The Labute approximate surface area is 268 Å². The summed E-state index contributed by atoms with van der Waals surface area (Å²) in [6.45, 7) is 9.49. The summed E-state index contributed by atoms with van der Waals surface area (Å²) in [4.78, 5) is 52.9. The number of hydrogen-bond donors (Lipinski definition) is 2. The quantitative estimate of drug-likeness (QED) is 0.290. The number of benzene rings is 1. The molecule has 3 N–H and O–H groups in total. The predicted octanol–water partition coefficient (Wildman–Crippen LogP) is 2.20. The van der Waals surface area contributed by atoms with Gasteiger partial charge in [0.15, 0.2) is 0 Å². The van der Waals surface area contributed by atoms with Crippen LogP contribution in [0.3, 0.4) is 0 Å². The van der Waals surface area contributed by atoms with E-state index in [1.807, 2.05) is 33.8 Å². The summed E-state index contributed by atoms with van der Waals surface area (Å²) in [5.74, 6) is -0.270. The van der Waals surface area contributed by atoms with Crippen LogP contribution in [0.4, 0.5) is 11.5 Å². The largest absolute Gasteiger partial charge is 0.366 e. The number of nitrogens with zero attached hydrogens (tertiary/aromatic N) is 6. The number of hydrogen-bond acceptors (Lipinski definition) is 7. The second-order valence-electron chi connectivity index (χ2n) is 12.5. The van der Waals surface area contributed by atoms with E-state index in [4.69, 9.17) is 10.7 Å². The van der Waals surface area contributed by atoms with E-state index in [-0.39, 0.29) is 30.0 Å². The molecule has 0 radical (unpaired) electrons. The fourth-order valence-electron chi connectivity index (χ4n) is 6.61. The first-order valence-corrected chi connectivity index (χ1v) is 15.5. The minimum atomic E-state index is -0.510. The Morgan fingerprint density at radius 2 is 1.89 bits per heavy atom. The van der Waals surface area contributed by atoms with Gasteiger partial charge in [-0.1, -0.05) is 41.9 Å². The van der Waals surface area contributed by atoms with Crippen molar-refractivity contribution in [3.63, 3.8) is 0 Å². The van der Waals surface area contributed by atoms with Crippen LogP contribution in [0.2, 0.25) is 0 Å². The maximum atomic E-state index is 13.5. The van der Waals surface area contributed by atoms with Gasteiger partial charge in [0.25, 0.3) is 5.56 Å². The number of allylic oxidation sites excluding steroid dienone is 2. The topological polar surface area (TPSA) is 131 Å². The zero-order chi connectivity index (χ0) is 32.7. The van der Waals surface area contributed by atoms with Crippen molar-refractivity contribution in [2.75, 3.05) is 29.9 Å². The van der Waals surface area contributed by atoms with Crippen LogP contribution in [0.5, 0.6) is 0 Å². The smallest absolute Gasteiger partial charge is 0.262 e. The van der Waals surface area contributed by atoms with Gasteiger partial charge >= 0.3 is 0 Å². The van der Waals surface area contributed by atoms with Gasteiger partial charge in [-0.05, 0) is 43.0 Å². The number of pyridine rings is 1. The Morgan fingerprint density at radius 1 is 1.13 bits per heavy atom. The van der Waals surface area contributed by atoms with E-state index in [1.165, 1.54) is 16.5 Å². The Balaban J connectivity index is 1.22. The maximum Gasteiger partial charge on any atom is 0.262 e. The fourth-order valence-corrected chi connectivity index (χ4v) is 6.61. The molecule has 1 aliphatic carbocycles. The molecule has 0 spiro atoms. The molecule has 2 atom stereocenters. The maximum absolute atomic E-state index is 13.5. The first-order valence-electron chi connectivity index (χ1n) is 15.5. The molecule has 11 nitrogen and oxygen atoms in total. The van der Waals surface area contributed by atoms with Gasteiger partial charge < -0.3 is 25.1 Å². The Hall–Kier alpha value is -4.97. The molecule has 2 unspecified atom stereocenters. The zero-order valence-corrected chi connectivity index (χ0v) is 26.9. The molecule has 236 valence electrons. The average molecular weight is 619 g/mol. The van der Waals surface area contributed by atoms with Crippen LogP contribution in [0.1, 0.15) is 36.5 Å². The van der Waals surface area contributed by atoms with Crippen molar-refractivity contribution < 1.29 is 9.59 Å². The SMILES string of the molecule is BC1=C(C)C(C(N)=O)=CC1c1cn(CC(=O)Nc2cc(N3CCN(Cc4ccccc4)CC3C)ncc2C)c2ncn(C)c(=O)c12. The number of carbonyl (C=O) groups is 2. The first-order chi connectivity index (χ1) is 22.0. The molecule has 1 aromatic carbocycles. The summed E-state index contributed by atoms with van der Waals surface area (Å²) >= 11 is 0. The molecule has 0 bridgehead atoms. The van der Waals surface area contributed by atoms with E-state index in [2.05, 4.69) is 51.3 Å². The molecule has 1 fully saturated rings. The lowest BCUT2D eigenvalue weighted by molar-refractivity contribution is -0.116. The van der Waals surface area contributed by atoms with Crippen LogP contribution >= 0.6 is 0 Å². The average Bonchev–Trinajstić information content (AvgIpc) is 3.53. The van der Waals surface area contributed by atoms with Gasteiger partial charge in [0.2, 0.25) is 11.8 Å². The Bertz CT molecular complexity index is 1960. The van der Waals surface area contributed by atoms with E-state index in [0.717, 1.165) is 48.6 Å². The number of piperazine rings is 1. The van der Waals surface area contributed by atoms with Crippen molar-refractivity contribution in [2.45, 2.75) is 45.8 Å². The molecule has 6 rings (SSSR count). The molecule has 4 heterocycles. The van der Waals surface area contributed by atoms with Gasteiger partial charge in [0.1, 0.15) is 25.9 Å². The highest BCUT2D eigenvalue weighted by molar-refractivity contribution is 6.25. The third-order valence-electron chi connectivity index (χ3n) is 9.29. The molecule has 2 amide bonds. The normalized spacial score (nSPS) is 18.7. The third kappa shape index (κ3) is 5.88. The summed E-state index contributed by atoms with van der Waals surface area (Å²) in [7, 11) is 3.57. The van der Waals surface area contributed by atoms with Gasteiger partial charge in [0.05, 0.1) is 11.7 Å². The molecule has 0 saturated carbocycles. The number of primary amides is 1. The summed E-state index contributed by atoms with van der Waals surface area (Å²) in [6.07, 6.45) is 6.84. The second-order valence-corrected chi connectivity index (χ2v) is 12.5. The van der Waals surface area contributed by atoms with Crippen LogP contribution in [0.25, 0.3) is 11.0 Å². The van der Waals surface area contributed by atoms with E-state index in [9.17, 15) is 14.4 Å². The monoisotopic (exact) mass is 618 g/mol. The van der Waals surface area contributed by atoms with Crippen LogP contribution in [-0.4, -0.2) is 69.3 Å². The van der Waals surface area contributed by atoms with Gasteiger partial charge in [-0.15, -0.1) is 0 Å². The first kappa shape index (κ1) is 31.0. The van der Waals surface area contributed by atoms with Crippen molar-refractivity contribution in [2.24, 2.45) is 12.8 Å². The van der Waals surface area contributed by atoms with Crippen LogP contribution in [-0.2, 0) is 29.7 Å². The van der Waals surface area contributed by atoms with E-state index in [1.54, 1.807) is 30.1 Å². The molecule has 46 heavy (non-hydrogen) atoms. The number of rotatable bonds is 8. The van der Waals surface area contributed by atoms with Crippen molar-refractivity contribution in [3.8, 4) is 0 Å². The second kappa shape index (κ2) is 12.4. The third-order valence-corrected chi connectivity index (χ3v) is 9.29. The number of amides is 2. The molecule has 4 aromatic rings. The summed E-state index contributed by atoms with van der Waals surface area (Å²) < 4.78 is 3.12. The number of aryl methyl sites for hydroxylation is 2. The number of nitrogens with two attached hydrogens (primary N) is 1. The highest BCUT2D eigenvalue weighted by atomic mass is 16.2. The number of fused-ring (bicyclic) bond motifs is 1. The minimum Gasteiger partial charge on any atom is -0.366 e. The lowest BCUT2D eigenvalue weighted by atomic mass is 9.80. The molecule has 12 heteroatoms. The van der Waals surface area contributed by atoms with Gasteiger partial charge in [0, 0.05) is 74.9 Å². The standard InChI is InChI=1S/C34H39BN8O3/c1-20-14-37-28(43-11-10-41(15-21(43)2)16-23-8-6-5-7-9-23)13-27(20)39-29(44)18-42-17-26(30-33(42)38-19-40(4)34(30)46)25-12-24(32(36)45)22(3)31(25)35/h5-9,12-14,17,19,21,25H,10-11,15-16,18,35H2,1-4H3,(H2,36,45)(H,37,39,44). The molecule has 1 saturated heterocycles. The molecule has 3 aromatic heterocycles. The van der Waals surface area contributed by atoms with Crippen molar-refractivity contribution in [1.82, 2.24) is 24.0 Å². The van der Waals surface area contributed by atoms with Crippen LogP contribution in [0, 0.1) is 6.92 Å². The molecular weight excluding hydrogens is 579 g/mol. The van der Waals surface area contributed by atoms with Gasteiger partial charge in [-0.3, -0.25) is 19.3 Å². The van der Waals surface area contributed by atoms with Crippen molar-refractivity contribution in [1.29, 1.82) is 0 Å². The van der Waals surface area contributed by atoms with Crippen molar-refractivity contribution in [3.05, 3.63) is 105 Å². The van der Waals surface area contributed by atoms with Gasteiger partial charge in [-0.2, -0.15) is 0 Å². The van der Waals surface area contributed by atoms with Crippen molar-refractivity contribution >= 4 is 42.2 Å². The Kier molecular flexibility index (Phi) is 8.39. The summed E-state index contributed by atoms with van der Waals surface area (Å²) in [5.41, 5.74) is 11.5. The molecular formula is C34H39BN8O3. The lowest BCUT2D eigenvalue weighted by Gasteiger charge is -2.40. The highest BCUT2D eigenvalue weighted by Gasteiger charge is 2.30. The number of aromatic nitrogens is 4. The fraction of sp³-hybridized carbons (Fsp3) is 0.324. The van der Waals surface area contributed by atoms with E-state index >= 15 is 0 Å². The number of anilines is 2. The highest BCUT2D eigenvalue weighted by Crippen LogP contribution is 2.39. The van der Waals surface area contributed by atoms with Crippen LogP contribution in [0.15, 0.2) is 82.6 Å². The summed E-state index contributed by atoms with van der Waals surface area (Å²) in [6, 6.07) is 12.7. The zero-order valence-electron chi connectivity index (χ0n) is 26.9. The van der Waals surface area contributed by atoms with E-state index in [0.29, 0.717) is 27.9 Å². The van der Waals surface area contributed by atoms with Crippen LogP contribution < -0.4 is 21.5 Å². The van der Waals surface area contributed by atoms with Gasteiger partial charge in [-0.25, -0.2) is 9.97 Å². The van der Waals surface area contributed by atoms with E-state index < -0.39 is 5.91 Å². The number of nitrogens with one attached hydrogen (secondary N) is 1.